The third-order valence-corrected chi connectivity index (χ3v) is 4.33. The topological polar surface area (TPSA) is 46.5 Å². The van der Waals surface area contributed by atoms with E-state index in [1.165, 1.54) is 0 Å². The molecule has 0 fully saturated rings. The Balaban J connectivity index is 2.21. The zero-order valence-corrected chi connectivity index (χ0v) is 13.8. The third-order valence-electron chi connectivity index (χ3n) is 3.47. The van der Waals surface area contributed by atoms with Crippen molar-refractivity contribution in [2.45, 2.75) is 26.4 Å². The highest BCUT2D eigenvalue weighted by molar-refractivity contribution is 6.42. The summed E-state index contributed by atoms with van der Waals surface area (Å²) >= 11 is 12.1. The third kappa shape index (κ3) is 3.93. The van der Waals surface area contributed by atoms with Crippen molar-refractivity contribution in [3.63, 3.8) is 0 Å². The molecule has 116 valence electrons. The van der Waals surface area contributed by atoms with Crippen LogP contribution in [-0.4, -0.2) is 17.2 Å². The second kappa shape index (κ2) is 7.03. The van der Waals surface area contributed by atoms with Crippen LogP contribution < -0.4 is 4.74 Å². The van der Waals surface area contributed by atoms with Gasteiger partial charge in [0.1, 0.15) is 5.75 Å². The molecule has 2 rings (SSSR count). The summed E-state index contributed by atoms with van der Waals surface area (Å²) < 4.78 is 5.61. The van der Waals surface area contributed by atoms with E-state index in [1.807, 2.05) is 26.0 Å². The Labute approximate surface area is 139 Å². The number of hydrogen-bond acceptors (Lipinski definition) is 2. The number of carboxylic acid groups (broad SMARTS) is 1. The van der Waals surface area contributed by atoms with Crippen molar-refractivity contribution in [2.24, 2.45) is 0 Å². The predicted molar refractivity (Wildman–Crippen MR) is 88.1 cm³/mol. The average molecular weight is 339 g/mol. The summed E-state index contributed by atoms with van der Waals surface area (Å²) in [5.74, 6) is -0.525. The summed E-state index contributed by atoms with van der Waals surface area (Å²) in [5, 5.41) is 10.1. The van der Waals surface area contributed by atoms with E-state index in [-0.39, 0.29) is 6.42 Å². The van der Waals surface area contributed by atoms with Gasteiger partial charge in [-0.05, 0) is 48.7 Å². The molecule has 1 N–H and O–H groups in total. The van der Waals surface area contributed by atoms with Crippen molar-refractivity contribution in [1.29, 1.82) is 0 Å². The van der Waals surface area contributed by atoms with Crippen LogP contribution in [0.2, 0.25) is 10.0 Å². The van der Waals surface area contributed by atoms with Gasteiger partial charge in [0.05, 0.1) is 10.0 Å². The van der Waals surface area contributed by atoms with E-state index < -0.39 is 12.1 Å². The standard InChI is InChI=1S/C17H16Cl2O3/c1-10-6-7-13(8-11(10)2)22-15(17(20)21)9-12-4-3-5-14(18)16(12)19/h3-8,15H,9H2,1-2H3,(H,20,21)/t15-/m0/s1. The lowest BCUT2D eigenvalue weighted by Gasteiger charge is -2.17. The number of halogens is 2. The lowest BCUT2D eigenvalue weighted by atomic mass is 10.1. The molecule has 0 aliphatic heterocycles. The number of aryl methyl sites for hydroxylation is 2. The summed E-state index contributed by atoms with van der Waals surface area (Å²) in [4.78, 5) is 11.5. The first-order chi connectivity index (χ1) is 10.4. The maximum atomic E-state index is 11.5. The summed E-state index contributed by atoms with van der Waals surface area (Å²) in [6.07, 6.45) is -0.889. The highest BCUT2D eigenvalue weighted by Crippen LogP contribution is 2.27. The minimum Gasteiger partial charge on any atom is -0.478 e. The molecule has 0 aliphatic rings. The van der Waals surface area contributed by atoms with Gasteiger partial charge in [-0.2, -0.15) is 0 Å². The van der Waals surface area contributed by atoms with Crippen molar-refractivity contribution in [3.05, 3.63) is 63.1 Å². The van der Waals surface area contributed by atoms with Crippen LogP contribution in [0.5, 0.6) is 5.75 Å². The smallest absolute Gasteiger partial charge is 0.345 e. The van der Waals surface area contributed by atoms with Crippen molar-refractivity contribution < 1.29 is 14.6 Å². The fourth-order valence-electron chi connectivity index (χ4n) is 2.04. The molecule has 2 aromatic carbocycles. The fourth-order valence-corrected chi connectivity index (χ4v) is 2.43. The van der Waals surface area contributed by atoms with Gasteiger partial charge in [0.15, 0.2) is 6.10 Å². The largest absolute Gasteiger partial charge is 0.478 e. The molecule has 0 radical (unpaired) electrons. The van der Waals surface area contributed by atoms with Gasteiger partial charge in [0.25, 0.3) is 0 Å². The number of carboxylic acids is 1. The highest BCUT2D eigenvalue weighted by atomic mass is 35.5. The van der Waals surface area contributed by atoms with Crippen LogP contribution in [0.4, 0.5) is 0 Å². The van der Waals surface area contributed by atoms with Crippen molar-refractivity contribution in [3.8, 4) is 5.75 Å². The van der Waals surface area contributed by atoms with Crippen LogP contribution in [0.15, 0.2) is 36.4 Å². The molecule has 2 aromatic rings. The van der Waals surface area contributed by atoms with Crippen LogP contribution >= 0.6 is 23.2 Å². The molecule has 1 atom stereocenters. The first kappa shape index (κ1) is 16.7. The Morgan fingerprint density at radius 2 is 1.91 bits per heavy atom. The second-order valence-corrected chi connectivity index (χ2v) is 5.89. The fraction of sp³-hybridized carbons (Fsp3) is 0.235. The maximum Gasteiger partial charge on any atom is 0.345 e. The molecule has 3 nitrogen and oxygen atoms in total. The zero-order chi connectivity index (χ0) is 16.3. The van der Waals surface area contributed by atoms with Crippen LogP contribution in [0, 0.1) is 13.8 Å². The Bertz CT molecular complexity index is 698. The van der Waals surface area contributed by atoms with Crippen LogP contribution in [0.25, 0.3) is 0 Å². The molecule has 0 saturated heterocycles. The van der Waals surface area contributed by atoms with Crippen molar-refractivity contribution in [1.82, 2.24) is 0 Å². The van der Waals surface area contributed by atoms with E-state index >= 15 is 0 Å². The number of carbonyl (C=O) groups is 1. The van der Waals surface area contributed by atoms with Crippen molar-refractivity contribution >= 4 is 29.2 Å². The lowest BCUT2D eigenvalue weighted by molar-refractivity contribution is -0.145. The summed E-state index contributed by atoms with van der Waals surface area (Å²) in [6.45, 7) is 3.94. The van der Waals surface area contributed by atoms with Gasteiger partial charge in [-0.25, -0.2) is 4.79 Å². The first-order valence-corrected chi connectivity index (χ1v) is 7.53. The van der Waals surface area contributed by atoms with Crippen molar-refractivity contribution in [2.75, 3.05) is 0 Å². The molecule has 0 amide bonds. The molecular formula is C17H16Cl2O3. The molecule has 0 aliphatic carbocycles. The van der Waals surface area contributed by atoms with Gasteiger partial charge in [-0.3, -0.25) is 0 Å². The molecule has 22 heavy (non-hydrogen) atoms. The molecule has 0 unspecified atom stereocenters. The predicted octanol–water partition coefficient (Wildman–Crippen LogP) is 4.68. The SMILES string of the molecule is Cc1ccc(O[C@@H](Cc2cccc(Cl)c2Cl)C(=O)O)cc1C. The van der Waals surface area contributed by atoms with Gasteiger partial charge in [0, 0.05) is 6.42 Å². The maximum absolute atomic E-state index is 11.5. The van der Waals surface area contributed by atoms with Gasteiger partial charge in [-0.1, -0.05) is 41.4 Å². The van der Waals surface area contributed by atoms with E-state index in [4.69, 9.17) is 27.9 Å². The lowest BCUT2D eigenvalue weighted by Crippen LogP contribution is -2.29. The number of aliphatic carboxylic acids is 1. The Hall–Kier alpha value is -1.71. The summed E-state index contributed by atoms with van der Waals surface area (Å²) in [5.41, 5.74) is 2.81. The van der Waals surface area contributed by atoms with Gasteiger partial charge in [0.2, 0.25) is 0 Å². The minimum atomic E-state index is -1.05. The van der Waals surface area contributed by atoms with Crippen LogP contribution in [0.1, 0.15) is 16.7 Å². The van der Waals surface area contributed by atoms with E-state index in [2.05, 4.69) is 0 Å². The Morgan fingerprint density at radius 3 is 2.55 bits per heavy atom. The summed E-state index contributed by atoms with van der Waals surface area (Å²) in [7, 11) is 0. The normalized spacial score (nSPS) is 12.0. The molecule has 0 heterocycles. The van der Waals surface area contributed by atoms with Gasteiger partial charge in [-0.15, -0.1) is 0 Å². The molecule has 0 aromatic heterocycles. The van der Waals surface area contributed by atoms with E-state index in [1.54, 1.807) is 24.3 Å². The zero-order valence-electron chi connectivity index (χ0n) is 12.3. The molecule has 5 heteroatoms. The molecular weight excluding hydrogens is 323 g/mol. The second-order valence-electron chi connectivity index (χ2n) is 5.11. The first-order valence-electron chi connectivity index (χ1n) is 6.78. The van der Waals surface area contributed by atoms with Crippen LogP contribution in [-0.2, 0) is 11.2 Å². The monoisotopic (exact) mass is 338 g/mol. The number of benzene rings is 2. The average Bonchev–Trinajstić information content (AvgIpc) is 2.46. The Kier molecular flexibility index (Phi) is 5.33. The van der Waals surface area contributed by atoms with E-state index in [0.717, 1.165) is 11.1 Å². The van der Waals surface area contributed by atoms with E-state index in [9.17, 15) is 9.90 Å². The number of ether oxygens (including phenoxy) is 1. The minimum absolute atomic E-state index is 0.141. The summed E-state index contributed by atoms with van der Waals surface area (Å²) in [6, 6.07) is 10.6. The molecule has 0 bridgehead atoms. The molecule has 0 spiro atoms. The molecule has 0 saturated carbocycles. The van der Waals surface area contributed by atoms with E-state index in [0.29, 0.717) is 21.4 Å². The van der Waals surface area contributed by atoms with Gasteiger partial charge >= 0.3 is 5.97 Å². The number of hydrogen-bond donors (Lipinski definition) is 1. The van der Waals surface area contributed by atoms with Crippen LogP contribution in [0.3, 0.4) is 0 Å². The van der Waals surface area contributed by atoms with Gasteiger partial charge < -0.3 is 9.84 Å². The highest BCUT2D eigenvalue weighted by Gasteiger charge is 2.22. The Morgan fingerprint density at radius 1 is 1.18 bits per heavy atom. The quantitative estimate of drug-likeness (QED) is 0.860. The number of rotatable bonds is 5.